The molecule has 1 N–H and O–H groups in total. The number of aromatic nitrogens is 3. The van der Waals surface area contributed by atoms with Crippen LogP contribution in [0.2, 0.25) is 10.0 Å². The van der Waals surface area contributed by atoms with Gasteiger partial charge in [0.25, 0.3) is 0 Å². The first-order valence-electron chi connectivity index (χ1n) is 6.51. The Morgan fingerprint density at radius 1 is 1.33 bits per heavy atom. The number of rotatable bonds is 4. The lowest BCUT2D eigenvalue weighted by Gasteiger charge is -1.96. The lowest BCUT2D eigenvalue weighted by molar-refractivity contribution is 0.101. The van der Waals surface area contributed by atoms with Gasteiger partial charge in [-0.25, -0.2) is 0 Å². The molecule has 0 bridgehead atoms. The maximum absolute atomic E-state index is 10.8. The Balaban J connectivity index is 0.000000211. The van der Waals surface area contributed by atoms with E-state index in [-0.39, 0.29) is 5.78 Å². The average Bonchev–Trinajstić information content (AvgIpc) is 2.81. The van der Waals surface area contributed by atoms with Crippen molar-refractivity contribution in [3.05, 3.63) is 44.9 Å². The van der Waals surface area contributed by atoms with Crippen LogP contribution in [-0.4, -0.2) is 20.5 Å². The van der Waals surface area contributed by atoms with Crippen molar-refractivity contribution in [2.45, 2.75) is 33.2 Å². The predicted octanol–water partition coefficient (Wildman–Crippen LogP) is 4.94. The molecule has 114 valence electrons. The second-order valence-electron chi connectivity index (χ2n) is 4.42. The van der Waals surface area contributed by atoms with Gasteiger partial charge in [0.1, 0.15) is 6.33 Å². The van der Waals surface area contributed by atoms with Gasteiger partial charge < -0.3 is 4.57 Å². The molecular formula is C14H17Cl2N3OS. The first-order chi connectivity index (χ1) is 9.93. The number of Topliss-reactive ketones (excluding diaryl/α,β-unsaturated/α-hetero) is 1. The fourth-order valence-corrected chi connectivity index (χ4v) is 2.23. The van der Waals surface area contributed by atoms with Crippen molar-refractivity contribution in [1.29, 1.82) is 0 Å². The van der Waals surface area contributed by atoms with Crippen molar-refractivity contribution in [2.75, 3.05) is 0 Å². The molecule has 0 fully saturated rings. The van der Waals surface area contributed by atoms with Crippen molar-refractivity contribution in [3.8, 4) is 0 Å². The number of halogens is 2. The zero-order valence-electron chi connectivity index (χ0n) is 11.9. The van der Waals surface area contributed by atoms with Crippen LogP contribution in [-0.2, 0) is 6.54 Å². The minimum Gasteiger partial charge on any atom is -0.307 e. The number of nitrogens with one attached hydrogen (secondary N) is 1. The summed E-state index contributed by atoms with van der Waals surface area (Å²) in [5, 5.41) is 7.49. The Morgan fingerprint density at radius 2 is 1.95 bits per heavy atom. The maximum atomic E-state index is 10.8. The summed E-state index contributed by atoms with van der Waals surface area (Å²) in [5.74, 6) is -0.0330. The fourth-order valence-electron chi connectivity index (χ4n) is 1.52. The van der Waals surface area contributed by atoms with Crippen LogP contribution in [0.15, 0.2) is 24.5 Å². The Kier molecular flexibility index (Phi) is 7.64. The molecule has 21 heavy (non-hydrogen) atoms. The van der Waals surface area contributed by atoms with Gasteiger partial charge in [0.15, 0.2) is 10.6 Å². The van der Waals surface area contributed by atoms with Crippen molar-refractivity contribution >= 4 is 41.2 Å². The molecule has 2 aromatic rings. The third-order valence-corrected chi connectivity index (χ3v) is 3.40. The van der Waals surface area contributed by atoms with Gasteiger partial charge in [-0.1, -0.05) is 36.5 Å². The molecule has 1 heterocycles. The highest BCUT2D eigenvalue weighted by Gasteiger charge is 2.01. The normalized spacial score (nSPS) is 9.90. The van der Waals surface area contributed by atoms with E-state index in [1.807, 2.05) is 4.57 Å². The van der Waals surface area contributed by atoms with Crippen molar-refractivity contribution in [3.63, 3.8) is 0 Å². The highest BCUT2D eigenvalue weighted by atomic mass is 35.5. The topological polar surface area (TPSA) is 50.7 Å². The number of nitrogens with zero attached hydrogens (tertiary/aromatic N) is 2. The number of hydrogen-bond donors (Lipinski definition) is 1. The van der Waals surface area contributed by atoms with Gasteiger partial charge in [-0.3, -0.25) is 9.89 Å². The number of carbonyl (C=O) groups excluding carboxylic acids is 1. The van der Waals surface area contributed by atoms with E-state index >= 15 is 0 Å². The molecule has 0 saturated heterocycles. The summed E-state index contributed by atoms with van der Waals surface area (Å²) >= 11 is 16.3. The summed E-state index contributed by atoms with van der Waals surface area (Å²) in [6, 6.07) is 4.78. The molecule has 1 aromatic carbocycles. The van der Waals surface area contributed by atoms with Gasteiger partial charge in [0.05, 0.1) is 0 Å². The molecule has 0 spiro atoms. The molecule has 7 heteroatoms. The molecule has 0 aliphatic carbocycles. The van der Waals surface area contributed by atoms with E-state index < -0.39 is 0 Å². The predicted molar refractivity (Wildman–Crippen MR) is 88.8 cm³/mol. The van der Waals surface area contributed by atoms with Crippen molar-refractivity contribution in [1.82, 2.24) is 14.8 Å². The van der Waals surface area contributed by atoms with Gasteiger partial charge in [-0.05, 0) is 43.8 Å². The smallest absolute Gasteiger partial charge is 0.194 e. The van der Waals surface area contributed by atoms with E-state index in [9.17, 15) is 4.79 Å². The number of benzene rings is 1. The van der Waals surface area contributed by atoms with E-state index in [1.165, 1.54) is 13.3 Å². The number of ketones is 1. The summed E-state index contributed by atoms with van der Waals surface area (Å²) < 4.78 is 2.66. The monoisotopic (exact) mass is 345 g/mol. The molecule has 0 amide bonds. The lowest BCUT2D eigenvalue weighted by atomic mass is 10.1. The third kappa shape index (κ3) is 6.42. The van der Waals surface area contributed by atoms with Crippen LogP contribution in [0.5, 0.6) is 0 Å². The van der Waals surface area contributed by atoms with Crippen LogP contribution in [0.1, 0.15) is 37.0 Å². The molecule has 0 aliphatic heterocycles. The SMILES string of the molecule is CC(=O)c1cc(Cl)cc(Cl)c1.CCCCn1cn[nH]c1=S. The average molecular weight is 346 g/mol. The fraction of sp³-hybridized carbons (Fsp3) is 0.357. The largest absolute Gasteiger partial charge is 0.307 e. The van der Waals surface area contributed by atoms with Crippen molar-refractivity contribution < 1.29 is 4.79 Å². The minimum absolute atomic E-state index is 0.0330. The molecule has 0 unspecified atom stereocenters. The summed E-state index contributed by atoms with van der Waals surface area (Å²) in [5.41, 5.74) is 0.544. The Morgan fingerprint density at radius 3 is 2.38 bits per heavy atom. The number of aryl methyl sites for hydroxylation is 1. The first kappa shape index (κ1) is 17.9. The van der Waals surface area contributed by atoms with Gasteiger partial charge in [0.2, 0.25) is 0 Å². The van der Waals surface area contributed by atoms with Crippen LogP contribution in [0, 0.1) is 4.77 Å². The van der Waals surface area contributed by atoms with Crippen LogP contribution in [0.3, 0.4) is 0 Å². The zero-order valence-corrected chi connectivity index (χ0v) is 14.2. The highest BCUT2D eigenvalue weighted by molar-refractivity contribution is 7.71. The standard InChI is InChI=1S/C8H6Cl2O.C6H11N3S/c1-5(11)6-2-7(9)4-8(10)3-6;1-2-3-4-9-5-7-8-6(9)10/h2-4H,1H3;5H,2-4H2,1H3,(H,8,10). The Bertz CT molecular complexity index is 631. The lowest BCUT2D eigenvalue weighted by Crippen LogP contribution is -1.94. The van der Waals surface area contributed by atoms with E-state index in [0.29, 0.717) is 20.4 Å². The van der Waals surface area contributed by atoms with E-state index in [0.717, 1.165) is 13.0 Å². The van der Waals surface area contributed by atoms with E-state index in [4.69, 9.17) is 35.4 Å². The summed E-state index contributed by atoms with van der Waals surface area (Å²) in [6.45, 7) is 4.61. The van der Waals surface area contributed by atoms with Crippen molar-refractivity contribution in [2.24, 2.45) is 0 Å². The molecule has 0 atom stereocenters. The minimum atomic E-state index is -0.0330. The van der Waals surface area contributed by atoms with Crippen LogP contribution in [0.4, 0.5) is 0 Å². The zero-order chi connectivity index (χ0) is 15.8. The number of H-pyrrole nitrogens is 1. The molecule has 0 radical (unpaired) electrons. The number of unbranched alkanes of at least 4 members (excludes halogenated alkanes) is 1. The first-order valence-corrected chi connectivity index (χ1v) is 7.67. The third-order valence-electron chi connectivity index (χ3n) is 2.64. The van der Waals surface area contributed by atoms with Gasteiger partial charge in [-0.2, -0.15) is 5.10 Å². The quantitative estimate of drug-likeness (QED) is 0.630. The number of hydrogen-bond acceptors (Lipinski definition) is 3. The van der Waals surface area contributed by atoms with Crippen LogP contribution in [0.25, 0.3) is 0 Å². The highest BCUT2D eigenvalue weighted by Crippen LogP contribution is 2.18. The van der Waals surface area contributed by atoms with Gasteiger partial charge >= 0.3 is 0 Å². The second kappa shape index (κ2) is 8.97. The summed E-state index contributed by atoms with van der Waals surface area (Å²) in [7, 11) is 0. The summed E-state index contributed by atoms with van der Waals surface area (Å²) in [4.78, 5) is 10.8. The molecule has 4 nitrogen and oxygen atoms in total. The maximum Gasteiger partial charge on any atom is 0.194 e. The number of carbonyl (C=O) groups is 1. The second-order valence-corrected chi connectivity index (χ2v) is 5.68. The summed E-state index contributed by atoms with van der Waals surface area (Å²) in [6.07, 6.45) is 4.08. The molecule has 0 saturated carbocycles. The van der Waals surface area contributed by atoms with Crippen LogP contribution >= 0.6 is 35.4 Å². The molecule has 0 aliphatic rings. The van der Waals surface area contributed by atoms with Crippen LogP contribution < -0.4 is 0 Å². The molecule has 2 rings (SSSR count). The number of aromatic amines is 1. The van der Waals surface area contributed by atoms with E-state index in [1.54, 1.807) is 24.5 Å². The Labute approximate surface area is 139 Å². The van der Waals surface area contributed by atoms with Gasteiger partial charge in [0, 0.05) is 22.2 Å². The molecular weight excluding hydrogens is 329 g/mol. The Hall–Kier alpha value is -1.17. The molecule has 1 aromatic heterocycles. The van der Waals surface area contributed by atoms with Gasteiger partial charge in [-0.15, -0.1) is 0 Å². The van der Waals surface area contributed by atoms with E-state index in [2.05, 4.69) is 17.1 Å².